The van der Waals surface area contributed by atoms with Crippen LogP contribution in [0.25, 0.3) is 10.9 Å². The molecule has 1 aliphatic heterocycles. The Morgan fingerprint density at radius 2 is 1.72 bits per heavy atom. The van der Waals surface area contributed by atoms with E-state index in [2.05, 4.69) is 15.2 Å². The first-order valence-corrected chi connectivity index (χ1v) is 12.1. The summed E-state index contributed by atoms with van der Waals surface area (Å²) >= 11 is 0. The van der Waals surface area contributed by atoms with Crippen LogP contribution in [0.5, 0.6) is 0 Å². The lowest BCUT2D eigenvalue weighted by molar-refractivity contribution is 0.178. The lowest BCUT2D eigenvalue weighted by Crippen LogP contribution is -2.48. The van der Waals surface area contributed by atoms with Crippen molar-refractivity contribution in [2.45, 2.75) is 17.9 Å². The van der Waals surface area contributed by atoms with Crippen LogP contribution in [0.4, 0.5) is 10.2 Å². The minimum atomic E-state index is -3.86. The Bertz CT molecular complexity index is 1180. The normalized spacial score (nSPS) is 15.8. The van der Waals surface area contributed by atoms with E-state index in [1.165, 1.54) is 28.6 Å². The lowest BCUT2D eigenvalue weighted by Gasteiger charge is -2.33. The monoisotopic (exact) mass is 458 g/mol. The third kappa shape index (κ3) is 4.88. The van der Waals surface area contributed by atoms with Crippen molar-refractivity contribution in [2.75, 3.05) is 44.6 Å². The molecule has 0 bridgehead atoms. The number of aromatic nitrogens is 2. The number of anilines is 1. The SMILES string of the molecule is NCCCNc1nc(CN2CCN(S(=O)(=O)c3ccccc3F)CC2)nc2ccccc12. The van der Waals surface area contributed by atoms with E-state index in [1.54, 1.807) is 0 Å². The highest BCUT2D eigenvalue weighted by atomic mass is 32.2. The molecule has 0 spiro atoms. The van der Waals surface area contributed by atoms with Crippen LogP contribution >= 0.6 is 0 Å². The van der Waals surface area contributed by atoms with Crippen LogP contribution in [0.15, 0.2) is 53.4 Å². The van der Waals surface area contributed by atoms with Crippen LogP contribution in [0, 0.1) is 5.82 Å². The van der Waals surface area contributed by atoms with Gasteiger partial charge >= 0.3 is 0 Å². The van der Waals surface area contributed by atoms with Gasteiger partial charge in [0.15, 0.2) is 0 Å². The average Bonchev–Trinajstić information content (AvgIpc) is 2.80. The smallest absolute Gasteiger partial charge is 0.246 e. The van der Waals surface area contributed by atoms with Crippen molar-refractivity contribution >= 4 is 26.7 Å². The molecule has 3 N–H and O–H groups in total. The Balaban J connectivity index is 1.45. The summed E-state index contributed by atoms with van der Waals surface area (Å²) in [5.74, 6) is 0.721. The van der Waals surface area contributed by atoms with Gasteiger partial charge in [-0.1, -0.05) is 24.3 Å². The van der Waals surface area contributed by atoms with E-state index in [1.807, 2.05) is 24.3 Å². The van der Waals surface area contributed by atoms with Gasteiger partial charge < -0.3 is 11.1 Å². The zero-order valence-electron chi connectivity index (χ0n) is 17.7. The highest BCUT2D eigenvalue weighted by Crippen LogP contribution is 2.23. The molecule has 4 rings (SSSR count). The Morgan fingerprint density at radius 3 is 2.47 bits per heavy atom. The largest absolute Gasteiger partial charge is 0.369 e. The first kappa shape index (κ1) is 22.5. The minimum Gasteiger partial charge on any atom is -0.369 e. The summed E-state index contributed by atoms with van der Waals surface area (Å²) in [7, 11) is -3.86. The zero-order valence-corrected chi connectivity index (χ0v) is 18.6. The molecule has 32 heavy (non-hydrogen) atoms. The summed E-state index contributed by atoms with van der Waals surface area (Å²) in [6.45, 7) is 3.42. The summed E-state index contributed by atoms with van der Waals surface area (Å²) in [5, 5.41) is 4.30. The van der Waals surface area contributed by atoms with E-state index >= 15 is 0 Å². The van der Waals surface area contributed by atoms with Gasteiger partial charge in [0.2, 0.25) is 10.0 Å². The number of hydrogen-bond acceptors (Lipinski definition) is 7. The molecular formula is C22H27FN6O2S. The van der Waals surface area contributed by atoms with Crippen LogP contribution < -0.4 is 11.1 Å². The maximum absolute atomic E-state index is 14.0. The molecule has 0 unspecified atom stereocenters. The fourth-order valence-corrected chi connectivity index (χ4v) is 5.25. The lowest BCUT2D eigenvalue weighted by atomic mass is 10.2. The molecule has 2 aromatic carbocycles. The van der Waals surface area contributed by atoms with Crippen molar-refractivity contribution in [3.8, 4) is 0 Å². The van der Waals surface area contributed by atoms with Crippen molar-refractivity contribution in [1.82, 2.24) is 19.2 Å². The number of nitrogens with two attached hydrogens (primary N) is 1. The molecule has 0 atom stereocenters. The van der Waals surface area contributed by atoms with E-state index in [0.29, 0.717) is 32.0 Å². The van der Waals surface area contributed by atoms with Gasteiger partial charge in [0, 0.05) is 38.1 Å². The quantitative estimate of drug-likeness (QED) is 0.498. The number of hydrogen-bond donors (Lipinski definition) is 2. The molecule has 0 amide bonds. The van der Waals surface area contributed by atoms with E-state index in [0.717, 1.165) is 29.7 Å². The van der Waals surface area contributed by atoms with Crippen LogP contribution in [0.3, 0.4) is 0 Å². The maximum Gasteiger partial charge on any atom is 0.246 e. The number of fused-ring (bicyclic) bond motifs is 1. The number of halogens is 1. The fraction of sp³-hybridized carbons (Fsp3) is 0.364. The number of nitrogens with one attached hydrogen (secondary N) is 1. The fourth-order valence-electron chi connectivity index (χ4n) is 3.76. The van der Waals surface area contributed by atoms with Crippen molar-refractivity contribution < 1.29 is 12.8 Å². The Kier molecular flexibility index (Phi) is 6.95. The van der Waals surface area contributed by atoms with Crippen LogP contribution in [-0.2, 0) is 16.6 Å². The number of para-hydroxylation sites is 1. The molecule has 1 aliphatic rings. The highest BCUT2D eigenvalue weighted by Gasteiger charge is 2.30. The van der Waals surface area contributed by atoms with Gasteiger partial charge in [0.25, 0.3) is 0 Å². The van der Waals surface area contributed by atoms with E-state index in [-0.39, 0.29) is 18.0 Å². The summed E-state index contributed by atoms with van der Waals surface area (Å²) in [4.78, 5) is 11.2. The Hall–Kier alpha value is -2.66. The summed E-state index contributed by atoms with van der Waals surface area (Å²) in [5.41, 5.74) is 6.45. The van der Waals surface area contributed by atoms with E-state index in [4.69, 9.17) is 10.7 Å². The zero-order chi connectivity index (χ0) is 22.6. The van der Waals surface area contributed by atoms with Crippen molar-refractivity contribution in [3.63, 3.8) is 0 Å². The third-order valence-corrected chi connectivity index (χ3v) is 7.41. The summed E-state index contributed by atoms with van der Waals surface area (Å²) in [6, 6.07) is 13.3. The van der Waals surface area contributed by atoms with E-state index in [9.17, 15) is 12.8 Å². The minimum absolute atomic E-state index is 0.278. The first-order chi connectivity index (χ1) is 15.5. The molecular weight excluding hydrogens is 431 g/mol. The molecule has 10 heteroatoms. The highest BCUT2D eigenvalue weighted by molar-refractivity contribution is 7.89. The molecule has 1 aromatic heterocycles. The molecule has 1 fully saturated rings. The standard InChI is InChI=1S/C22H27FN6O2S/c23-18-7-2-4-9-20(18)32(30,31)29-14-12-28(13-15-29)16-21-26-19-8-3-1-6-17(19)22(27-21)25-11-5-10-24/h1-4,6-9H,5,10-16,24H2,(H,25,26,27). The second kappa shape index (κ2) is 9.86. The van der Waals surface area contributed by atoms with Crippen molar-refractivity contribution in [2.24, 2.45) is 5.73 Å². The third-order valence-electron chi connectivity index (χ3n) is 5.47. The number of rotatable bonds is 8. The van der Waals surface area contributed by atoms with Crippen LogP contribution in [0.2, 0.25) is 0 Å². The average molecular weight is 459 g/mol. The molecule has 0 saturated carbocycles. The summed E-state index contributed by atoms with van der Waals surface area (Å²) < 4.78 is 41.0. The molecule has 1 saturated heterocycles. The topological polar surface area (TPSA) is 104 Å². The number of piperazine rings is 1. The Labute approximate surface area is 187 Å². The van der Waals surface area contributed by atoms with Gasteiger partial charge in [0.05, 0.1) is 12.1 Å². The van der Waals surface area contributed by atoms with Crippen LogP contribution in [0.1, 0.15) is 12.2 Å². The van der Waals surface area contributed by atoms with Gasteiger partial charge in [-0.3, -0.25) is 4.90 Å². The molecule has 0 aliphatic carbocycles. The predicted octanol–water partition coefficient (Wildman–Crippen LogP) is 2.04. The van der Waals surface area contributed by atoms with Gasteiger partial charge in [-0.15, -0.1) is 0 Å². The van der Waals surface area contributed by atoms with Gasteiger partial charge in [-0.25, -0.2) is 22.8 Å². The van der Waals surface area contributed by atoms with Crippen molar-refractivity contribution in [1.29, 1.82) is 0 Å². The number of nitrogens with zero attached hydrogens (tertiary/aromatic N) is 4. The maximum atomic E-state index is 14.0. The first-order valence-electron chi connectivity index (χ1n) is 10.7. The van der Waals surface area contributed by atoms with Crippen molar-refractivity contribution in [3.05, 3.63) is 60.2 Å². The van der Waals surface area contributed by atoms with Gasteiger partial charge in [-0.2, -0.15) is 4.31 Å². The van der Waals surface area contributed by atoms with Gasteiger partial charge in [-0.05, 0) is 37.2 Å². The second-order valence-electron chi connectivity index (χ2n) is 7.69. The van der Waals surface area contributed by atoms with E-state index < -0.39 is 15.8 Å². The molecule has 170 valence electrons. The molecule has 2 heterocycles. The molecule has 0 radical (unpaired) electrons. The predicted molar refractivity (Wildman–Crippen MR) is 122 cm³/mol. The molecule has 3 aromatic rings. The molecule has 8 nitrogen and oxygen atoms in total. The number of benzene rings is 2. The second-order valence-corrected chi connectivity index (χ2v) is 9.59. The summed E-state index contributed by atoms with van der Waals surface area (Å²) in [6.07, 6.45) is 0.839. The van der Waals surface area contributed by atoms with Crippen LogP contribution in [-0.4, -0.2) is 66.9 Å². The van der Waals surface area contributed by atoms with Gasteiger partial charge in [0.1, 0.15) is 22.4 Å². The number of sulfonamides is 1. The Morgan fingerprint density at radius 1 is 1.00 bits per heavy atom.